The van der Waals surface area contributed by atoms with Gasteiger partial charge in [0.1, 0.15) is 0 Å². The van der Waals surface area contributed by atoms with Crippen molar-refractivity contribution in [3.63, 3.8) is 0 Å². The van der Waals surface area contributed by atoms with Crippen molar-refractivity contribution in [2.75, 3.05) is 25.0 Å². The third-order valence-corrected chi connectivity index (χ3v) is 2.86. The highest BCUT2D eigenvalue weighted by atomic mass is 35.5. The van der Waals surface area contributed by atoms with Crippen molar-refractivity contribution in [2.45, 2.75) is 13.3 Å². The van der Waals surface area contributed by atoms with Gasteiger partial charge in [0, 0.05) is 24.3 Å². The maximum atomic E-state index is 11.8. The number of likely N-dealkylation sites (N-methyl/N-ethyl adjacent to an activating group) is 1. The molecule has 0 spiro atoms. The number of carbonyl (C=O) groups is 2. The van der Waals surface area contributed by atoms with E-state index in [1.807, 2.05) is 19.1 Å². The second-order valence-corrected chi connectivity index (χ2v) is 4.18. The topological polar surface area (TPSA) is 70.2 Å². The van der Waals surface area contributed by atoms with E-state index in [4.69, 9.17) is 0 Å². The summed E-state index contributed by atoms with van der Waals surface area (Å²) < 4.78 is 0. The fourth-order valence-corrected chi connectivity index (χ4v) is 1.97. The van der Waals surface area contributed by atoms with Crippen LogP contribution in [0.2, 0.25) is 0 Å². The highest BCUT2D eigenvalue weighted by Crippen LogP contribution is 2.22. The van der Waals surface area contributed by atoms with Crippen molar-refractivity contribution in [1.82, 2.24) is 10.6 Å². The van der Waals surface area contributed by atoms with Crippen LogP contribution >= 0.6 is 12.4 Å². The summed E-state index contributed by atoms with van der Waals surface area (Å²) >= 11 is 0. The Morgan fingerprint density at radius 2 is 2.11 bits per heavy atom. The van der Waals surface area contributed by atoms with E-state index < -0.39 is 0 Å². The van der Waals surface area contributed by atoms with Gasteiger partial charge in [0.15, 0.2) is 0 Å². The number of hydrogen-bond acceptors (Lipinski definition) is 3. The highest BCUT2D eigenvalue weighted by molar-refractivity contribution is 5.97. The molecule has 0 aromatic heterocycles. The van der Waals surface area contributed by atoms with Gasteiger partial charge in [-0.3, -0.25) is 9.59 Å². The summed E-state index contributed by atoms with van der Waals surface area (Å²) in [6.07, 6.45) is 0.937. The summed E-state index contributed by atoms with van der Waals surface area (Å²) in [4.78, 5) is 23.1. The fraction of sp³-hybridized carbons (Fsp3) is 0.385. The number of rotatable bonds is 4. The van der Waals surface area contributed by atoms with Crippen LogP contribution in [-0.4, -0.2) is 31.4 Å². The molecule has 0 atom stereocenters. The van der Waals surface area contributed by atoms with E-state index in [1.54, 1.807) is 6.07 Å². The molecule has 0 fully saturated rings. The lowest BCUT2D eigenvalue weighted by atomic mass is 10.1. The summed E-state index contributed by atoms with van der Waals surface area (Å²) in [5.41, 5.74) is 2.85. The van der Waals surface area contributed by atoms with Gasteiger partial charge in [0.2, 0.25) is 5.91 Å². The number of hydrogen-bond donors (Lipinski definition) is 3. The van der Waals surface area contributed by atoms with Crippen LogP contribution in [0.15, 0.2) is 18.2 Å². The summed E-state index contributed by atoms with van der Waals surface area (Å²) in [7, 11) is 0. The maximum absolute atomic E-state index is 11.8. The number of nitrogens with one attached hydrogen (secondary N) is 3. The standard InChI is InChI=1S/C13H17N3O2.ClH/c1-2-14-12(17)8-16-13(18)10-3-4-11-9(7-10)5-6-15-11;/h3-4,7,15H,2,5-6,8H2,1H3,(H,14,17)(H,16,18);1H. The number of anilines is 1. The lowest BCUT2D eigenvalue weighted by Crippen LogP contribution is -2.36. The Hall–Kier alpha value is -1.75. The largest absolute Gasteiger partial charge is 0.384 e. The van der Waals surface area contributed by atoms with Gasteiger partial charge in [0.25, 0.3) is 5.91 Å². The number of amides is 2. The molecule has 6 heteroatoms. The van der Waals surface area contributed by atoms with Gasteiger partial charge in [-0.25, -0.2) is 0 Å². The zero-order chi connectivity index (χ0) is 13.0. The van der Waals surface area contributed by atoms with E-state index in [0.717, 1.165) is 24.2 Å². The second kappa shape index (κ2) is 6.99. The maximum Gasteiger partial charge on any atom is 0.251 e. The van der Waals surface area contributed by atoms with E-state index in [9.17, 15) is 9.59 Å². The van der Waals surface area contributed by atoms with Crippen LogP contribution in [0.4, 0.5) is 5.69 Å². The molecule has 0 aliphatic carbocycles. The Bertz CT molecular complexity index is 477. The van der Waals surface area contributed by atoms with E-state index >= 15 is 0 Å². The first kappa shape index (κ1) is 15.3. The number of fused-ring (bicyclic) bond motifs is 1. The average molecular weight is 284 g/mol. The molecule has 1 heterocycles. The van der Waals surface area contributed by atoms with Crippen molar-refractivity contribution >= 4 is 29.9 Å². The predicted octanol–water partition coefficient (Wildman–Crippen LogP) is 0.942. The van der Waals surface area contributed by atoms with Gasteiger partial charge in [-0.1, -0.05) is 0 Å². The summed E-state index contributed by atoms with van der Waals surface area (Å²) in [5, 5.41) is 8.47. The molecule has 1 aliphatic heterocycles. The molecular formula is C13H18ClN3O2. The van der Waals surface area contributed by atoms with Crippen LogP contribution in [0.1, 0.15) is 22.8 Å². The normalized spacial score (nSPS) is 11.8. The van der Waals surface area contributed by atoms with Crippen LogP contribution in [-0.2, 0) is 11.2 Å². The van der Waals surface area contributed by atoms with Gasteiger partial charge < -0.3 is 16.0 Å². The van der Waals surface area contributed by atoms with E-state index in [2.05, 4.69) is 16.0 Å². The molecule has 2 rings (SSSR count). The van der Waals surface area contributed by atoms with Crippen LogP contribution < -0.4 is 16.0 Å². The molecule has 1 aliphatic rings. The summed E-state index contributed by atoms with van der Waals surface area (Å²) in [6, 6.07) is 5.55. The molecule has 1 aromatic carbocycles. The van der Waals surface area contributed by atoms with Crippen molar-refractivity contribution in [3.05, 3.63) is 29.3 Å². The van der Waals surface area contributed by atoms with Gasteiger partial charge in [0.05, 0.1) is 6.54 Å². The molecule has 0 saturated heterocycles. The van der Waals surface area contributed by atoms with Crippen molar-refractivity contribution < 1.29 is 9.59 Å². The van der Waals surface area contributed by atoms with Crippen LogP contribution in [0.3, 0.4) is 0 Å². The first-order chi connectivity index (χ1) is 8.70. The van der Waals surface area contributed by atoms with Crippen LogP contribution in [0.5, 0.6) is 0 Å². The quantitative estimate of drug-likeness (QED) is 0.770. The minimum absolute atomic E-state index is 0. The Kier molecular flexibility index (Phi) is 5.63. The van der Waals surface area contributed by atoms with Gasteiger partial charge in [-0.2, -0.15) is 0 Å². The third kappa shape index (κ3) is 3.86. The lowest BCUT2D eigenvalue weighted by molar-refractivity contribution is -0.120. The molecule has 0 unspecified atom stereocenters. The number of benzene rings is 1. The van der Waals surface area contributed by atoms with Crippen LogP contribution in [0, 0.1) is 0 Å². The van der Waals surface area contributed by atoms with E-state index in [-0.39, 0.29) is 30.8 Å². The molecule has 0 saturated carbocycles. The van der Waals surface area contributed by atoms with Crippen molar-refractivity contribution in [1.29, 1.82) is 0 Å². The molecule has 19 heavy (non-hydrogen) atoms. The second-order valence-electron chi connectivity index (χ2n) is 4.18. The molecular weight excluding hydrogens is 266 g/mol. The first-order valence-electron chi connectivity index (χ1n) is 6.12. The monoisotopic (exact) mass is 283 g/mol. The van der Waals surface area contributed by atoms with Gasteiger partial charge in [-0.15, -0.1) is 12.4 Å². The molecule has 0 bridgehead atoms. The molecule has 104 valence electrons. The Labute approximate surface area is 118 Å². The molecule has 2 amide bonds. The molecule has 5 nitrogen and oxygen atoms in total. The van der Waals surface area contributed by atoms with E-state index in [0.29, 0.717) is 12.1 Å². The molecule has 3 N–H and O–H groups in total. The minimum atomic E-state index is -0.212. The number of halogens is 1. The molecule has 1 aromatic rings. The Morgan fingerprint density at radius 3 is 2.84 bits per heavy atom. The fourth-order valence-electron chi connectivity index (χ4n) is 1.97. The SMILES string of the molecule is CCNC(=O)CNC(=O)c1ccc2c(c1)CCN2.Cl. The third-order valence-electron chi connectivity index (χ3n) is 2.86. The highest BCUT2D eigenvalue weighted by Gasteiger charge is 2.13. The average Bonchev–Trinajstić information content (AvgIpc) is 2.83. The van der Waals surface area contributed by atoms with Gasteiger partial charge in [-0.05, 0) is 37.1 Å². The summed E-state index contributed by atoms with van der Waals surface area (Å²) in [6.45, 7) is 3.34. The molecule has 0 radical (unpaired) electrons. The smallest absolute Gasteiger partial charge is 0.251 e. The summed E-state index contributed by atoms with van der Waals surface area (Å²) in [5.74, 6) is -0.385. The Morgan fingerprint density at radius 1 is 1.32 bits per heavy atom. The number of carbonyl (C=O) groups excluding carboxylic acids is 2. The van der Waals surface area contributed by atoms with E-state index in [1.165, 1.54) is 0 Å². The minimum Gasteiger partial charge on any atom is -0.384 e. The van der Waals surface area contributed by atoms with Crippen molar-refractivity contribution in [2.24, 2.45) is 0 Å². The van der Waals surface area contributed by atoms with Crippen LogP contribution in [0.25, 0.3) is 0 Å². The zero-order valence-corrected chi connectivity index (χ0v) is 11.6. The van der Waals surface area contributed by atoms with Gasteiger partial charge >= 0.3 is 0 Å². The zero-order valence-electron chi connectivity index (χ0n) is 10.8. The predicted molar refractivity (Wildman–Crippen MR) is 76.9 cm³/mol. The first-order valence-corrected chi connectivity index (χ1v) is 6.12. The Balaban J connectivity index is 0.00000180. The lowest BCUT2D eigenvalue weighted by Gasteiger charge is -2.07. The van der Waals surface area contributed by atoms with Crippen molar-refractivity contribution in [3.8, 4) is 0 Å².